The molecule has 0 fully saturated rings. The van der Waals surface area contributed by atoms with Gasteiger partial charge in [-0.05, 0) is 49.7 Å². The van der Waals surface area contributed by atoms with Gasteiger partial charge in [-0.15, -0.1) is 12.4 Å². The normalized spacial score (nSPS) is 16.1. The van der Waals surface area contributed by atoms with Gasteiger partial charge >= 0.3 is 0 Å². The Morgan fingerprint density at radius 3 is 2.88 bits per heavy atom. The third kappa shape index (κ3) is 3.54. The van der Waals surface area contributed by atoms with E-state index in [0.29, 0.717) is 12.1 Å². The van der Waals surface area contributed by atoms with E-state index in [0.717, 1.165) is 23.7 Å². The van der Waals surface area contributed by atoms with Gasteiger partial charge < -0.3 is 15.0 Å². The molecule has 3 rings (SSSR count). The van der Waals surface area contributed by atoms with Crippen LogP contribution in [0.5, 0.6) is 0 Å². The Bertz CT molecular complexity index is 801. The van der Waals surface area contributed by atoms with Gasteiger partial charge in [0.05, 0.1) is 23.8 Å². The fraction of sp³-hybridized carbons (Fsp3) is 0.316. The number of nitrogens with one attached hydrogen (secondary N) is 1. The van der Waals surface area contributed by atoms with E-state index in [1.54, 1.807) is 0 Å². The lowest BCUT2D eigenvalue weighted by Gasteiger charge is -2.29. The molecule has 0 saturated heterocycles. The lowest BCUT2D eigenvalue weighted by molar-refractivity contribution is 0.129. The van der Waals surface area contributed by atoms with E-state index in [-0.39, 0.29) is 18.4 Å². The lowest BCUT2D eigenvalue weighted by Crippen LogP contribution is -2.34. The highest BCUT2D eigenvalue weighted by molar-refractivity contribution is 5.85. The van der Waals surface area contributed by atoms with Gasteiger partial charge in [0.2, 0.25) is 0 Å². The first-order valence-electron chi connectivity index (χ1n) is 7.93. The van der Waals surface area contributed by atoms with Gasteiger partial charge in [0.15, 0.2) is 0 Å². The van der Waals surface area contributed by atoms with Crippen molar-refractivity contribution < 1.29 is 5.11 Å². The first-order chi connectivity index (χ1) is 11.2. The van der Waals surface area contributed by atoms with Crippen LogP contribution in [0.3, 0.4) is 0 Å². The molecule has 0 aliphatic heterocycles. The molecular weight excluding hydrogens is 322 g/mol. The molecule has 2 atom stereocenters. The van der Waals surface area contributed by atoms with Crippen LogP contribution in [0.1, 0.15) is 24.4 Å². The Labute approximate surface area is 148 Å². The number of halogens is 1. The molecule has 0 bridgehead atoms. The topological polar surface area (TPSA) is 61.0 Å². The average Bonchev–Trinajstić information content (AvgIpc) is 2.99. The Kier molecular flexibility index (Phi) is 6.22. The Morgan fingerprint density at radius 1 is 1.38 bits per heavy atom. The van der Waals surface area contributed by atoms with Crippen LogP contribution >= 0.6 is 12.4 Å². The first kappa shape index (κ1) is 18.3. The van der Waals surface area contributed by atoms with E-state index in [1.807, 2.05) is 37.5 Å². The highest BCUT2D eigenvalue weighted by Crippen LogP contribution is 2.32. The number of nitrogens with zero attached hydrogens (tertiary/aromatic N) is 2. The molecule has 126 valence electrons. The number of benzene rings is 1. The standard InChI is InChI=1S/C19H21N3O.ClH/c1-21-13-18(23)19(15-5-3-2-4-6-15)22-10-9-16-11-14(12-20)7-8-17(16)22;/h2-3,5,7-11,18-19,21,23H,4,6,13H2,1H3;1H/t18?,19-;/m0./s1. The molecule has 1 aliphatic carbocycles. The van der Waals surface area contributed by atoms with Crippen molar-refractivity contribution in [2.45, 2.75) is 25.0 Å². The maximum Gasteiger partial charge on any atom is 0.0991 e. The minimum Gasteiger partial charge on any atom is -0.389 e. The number of allylic oxidation sites excluding steroid dienone is 3. The second-order valence-electron chi connectivity index (χ2n) is 5.89. The number of nitriles is 1. The third-order valence-electron chi connectivity index (χ3n) is 4.35. The number of hydrogen-bond acceptors (Lipinski definition) is 3. The number of fused-ring (bicyclic) bond motifs is 1. The molecular formula is C19H22ClN3O. The van der Waals surface area contributed by atoms with Crippen LogP contribution < -0.4 is 5.32 Å². The predicted molar refractivity (Wildman–Crippen MR) is 99.3 cm³/mol. The number of hydrogen-bond donors (Lipinski definition) is 2. The quantitative estimate of drug-likeness (QED) is 0.875. The van der Waals surface area contributed by atoms with Crippen molar-refractivity contribution in [3.63, 3.8) is 0 Å². The maximum atomic E-state index is 10.7. The molecule has 1 aliphatic rings. The van der Waals surface area contributed by atoms with Crippen molar-refractivity contribution >= 4 is 23.3 Å². The van der Waals surface area contributed by atoms with E-state index in [2.05, 4.69) is 34.2 Å². The zero-order valence-corrected chi connectivity index (χ0v) is 14.5. The summed E-state index contributed by atoms with van der Waals surface area (Å²) >= 11 is 0. The third-order valence-corrected chi connectivity index (χ3v) is 4.35. The Morgan fingerprint density at radius 2 is 2.21 bits per heavy atom. The van der Waals surface area contributed by atoms with Crippen LogP contribution in [0.25, 0.3) is 10.9 Å². The van der Waals surface area contributed by atoms with Gasteiger partial charge in [-0.3, -0.25) is 0 Å². The summed E-state index contributed by atoms with van der Waals surface area (Å²) in [4.78, 5) is 0. The molecule has 5 heteroatoms. The molecule has 4 nitrogen and oxygen atoms in total. The Hall–Kier alpha value is -2.06. The molecule has 0 amide bonds. The number of aliphatic hydroxyl groups excluding tert-OH is 1. The average molecular weight is 344 g/mol. The van der Waals surface area contributed by atoms with Crippen molar-refractivity contribution in [2.75, 3.05) is 13.6 Å². The van der Waals surface area contributed by atoms with Crippen LogP contribution in [0.4, 0.5) is 0 Å². The highest BCUT2D eigenvalue weighted by Gasteiger charge is 2.25. The maximum absolute atomic E-state index is 10.7. The van der Waals surface area contributed by atoms with Crippen molar-refractivity contribution in [3.05, 3.63) is 59.8 Å². The summed E-state index contributed by atoms with van der Waals surface area (Å²) in [5, 5.41) is 23.8. The monoisotopic (exact) mass is 343 g/mol. The highest BCUT2D eigenvalue weighted by atomic mass is 35.5. The molecule has 1 aromatic carbocycles. The second-order valence-corrected chi connectivity index (χ2v) is 5.89. The zero-order valence-electron chi connectivity index (χ0n) is 13.6. The number of aromatic nitrogens is 1. The van der Waals surface area contributed by atoms with Crippen molar-refractivity contribution in [2.24, 2.45) is 0 Å². The van der Waals surface area contributed by atoms with E-state index >= 15 is 0 Å². The van der Waals surface area contributed by atoms with Gasteiger partial charge in [0.1, 0.15) is 0 Å². The Balaban J connectivity index is 0.00000208. The van der Waals surface area contributed by atoms with Crippen molar-refractivity contribution in [1.82, 2.24) is 9.88 Å². The summed E-state index contributed by atoms with van der Waals surface area (Å²) in [6.07, 6.45) is 9.79. The van der Waals surface area contributed by atoms with Crippen molar-refractivity contribution in [3.8, 4) is 6.07 Å². The lowest BCUT2D eigenvalue weighted by atomic mass is 9.93. The fourth-order valence-corrected chi connectivity index (χ4v) is 3.28. The van der Waals surface area contributed by atoms with Crippen molar-refractivity contribution in [1.29, 1.82) is 5.26 Å². The molecule has 1 unspecified atom stereocenters. The molecule has 2 N–H and O–H groups in total. The van der Waals surface area contributed by atoms with E-state index in [1.165, 1.54) is 5.57 Å². The molecule has 0 spiro atoms. The summed E-state index contributed by atoms with van der Waals surface area (Å²) in [6, 6.07) is 9.77. The first-order valence-corrected chi connectivity index (χ1v) is 7.93. The molecule has 1 aromatic heterocycles. The predicted octanol–water partition coefficient (Wildman–Crippen LogP) is 3.33. The van der Waals surface area contributed by atoms with E-state index in [4.69, 9.17) is 5.26 Å². The summed E-state index contributed by atoms with van der Waals surface area (Å²) in [5.41, 5.74) is 2.93. The van der Waals surface area contributed by atoms with Crippen LogP contribution in [-0.4, -0.2) is 29.4 Å². The number of aliphatic hydroxyl groups is 1. The van der Waals surface area contributed by atoms with Gasteiger partial charge in [-0.2, -0.15) is 5.26 Å². The van der Waals surface area contributed by atoms with Gasteiger partial charge in [0.25, 0.3) is 0 Å². The van der Waals surface area contributed by atoms with Crippen LogP contribution in [0, 0.1) is 11.3 Å². The molecule has 0 radical (unpaired) electrons. The smallest absolute Gasteiger partial charge is 0.0991 e. The molecule has 24 heavy (non-hydrogen) atoms. The van der Waals surface area contributed by atoms with Gasteiger partial charge in [-0.1, -0.05) is 18.2 Å². The van der Waals surface area contributed by atoms with Gasteiger partial charge in [-0.25, -0.2) is 0 Å². The summed E-state index contributed by atoms with van der Waals surface area (Å²) in [7, 11) is 1.85. The minimum atomic E-state index is -0.510. The summed E-state index contributed by atoms with van der Waals surface area (Å²) in [6.45, 7) is 0.529. The fourth-order valence-electron chi connectivity index (χ4n) is 3.28. The minimum absolute atomic E-state index is 0. The van der Waals surface area contributed by atoms with Crippen LogP contribution in [-0.2, 0) is 0 Å². The van der Waals surface area contributed by atoms with E-state index < -0.39 is 6.10 Å². The summed E-state index contributed by atoms with van der Waals surface area (Å²) in [5.74, 6) is 0. The van der Waals surface area contributed by atoms with Crippen LogP contribution in [0.15, 0.2) is 54.3 Å². The number of rotatable bonds is 5. The van der Waals surface area contributed by atoms with Gasteiger partial charge in [0, 0.05) is 23.6 Å². The second kappa shape index (κ2) is 8.16. The SMILES string of the molecule is CNCC(O)[C@H](C1=CC=CCC1)n1ccc2cc(C#N)ccc21.Cl. The number of likely N-dealkylation sites (N-methyl/N-ethyl adjacent to an activating group) is 1. The molecule has 0 saturated carbocycles. The zero-order chi connectivity index (χ0) is 16.2. The van der Waals surface area contributed by atoms with E-state index in [9.17, 15) is 5.11 Å². The molecule has 1 heterocycles. The van der Waals surface area contributed by atoms with Crippen LogP contribution in [0.2, 0.25) is 0 Å². The largest absolute Gasteiger partial charge is 0.389 e. The molecule has 2 aromatic rings. The summed E-state index contributed by atoms with van der Waals surface area (Å²) < 4.78 is 2.13.